The molecule has 0 spiro atoms. The molecule has 270 valence electrons. The van der Waals surface area contributed by atoms with E-state index in [-0.39, 0.29) is 0 Å². The minimum absolute atomic E-state index is 1.01. The third-order valence-corrected chi connectivity index (χ3v) is 13.4. The first kappa shape index (κ1) is 30.2. The number of rotatable bonds is 2. The summed E-state index contributed by atoms with van der Waals surface area (Å²) in [4.78, 5) is 5.75. The molecule has 4 heteroatoms. The van der Waals surface area contributed by atoms with Gasteiger partial charge in [-0.1, -0.05) is 127 Å². The summed E-state index contributed by atoms with van der Waals surface area (Å²) in [5.41, 5.74) is 14.1. The molecule has 0 unspecified atom stereocenters. The van der Waals surface area contributed by atoms with Crippen molar-refractivity contribution in [3.05, 3.63) is 182 Å². The quantitative estimate of drug-likeness (QED) is 0.173. The van der Waals surface area contributed by atoms with Crippen molar-refractivity contribution in [2.24, 2.45) is 0 Å². The highest BCUT2D eigenvalue weighted by molar-refractivity contribution is 6.33. The van der Waals surface area contributed by atoms with Crippen molar-refractivity contribution in [2.45, 2.75) is 0 Å². The maximum absolute atomic E-state index is 5.75. The van der Waals surface area contributed by atoms with E-state index in [1.807, 2.05) is 0 Å². The van der Waals surface area contributed by atoms with Crippen molar-refractivity contribution in [2.75, 3.05) is 0 Å². The molecule has 0 fully saturated rings. The fraction of sp³-hybridized carbons (Fsp3) is 0. The van der Waals surface area contributed by atoms with Gasteiger partial charge in [-0.05, 0) is 81.7 Å². The molecular formula is C55H30N4. The van der Waals surface area contributed by atoms with Gasteiger partial charge in [0, 0.05) is 59.7 Å². The van der Waals surface area contributed by atoms with Crippen molar-refractivity contribution < 1.29 is 0 Å². The van der Waals surface area contributed by atoms with Gasteiger partial charge in [0.15, 0.2) is 0 Å². The smallest absolute Gasteiger partial charge is 0.146 e. The Kier molecular flexibility index (Phi) is 5.38. The Bertz CT molecular complexity index is 4300. The summed E-state index contributed by atoms with van der Waals surface area (Å²) in [6.07, 6.45) is 0. The highest BCUT2D eigenvalue weighted by Gasteiger charge is 2.26. The van der Waals surface area contributed by atoms with E-state index in [2.05, 4.69) is 195 Å². The van der Waals surface area contributed by atoms with Crippen LogP contribution in [0, 0.1) is 0 Å². The maximum atomic E-state index is 5.75. The molecule has 0 saturated carbocycles. The molecule has 0 radical (unpaired) electrons. The van der Waals surface area contributed by atoms with Crippen LogP contribution in [0.5, 0.6) is 0 Å². The zero-order chi connectivity index (χ0) is 38.1. The van der Waals surface area contributed by atoms with Crippen molar-refractivity contribution in [1.29, 1.82) is 0 Å². The number of pyridine rings is 1. The fourth-order valence-electron chi connectivity index (χ4n) is 11.0. The van der Waals surface area contributed by atoms with E-state index >= 15 is 0 Å². The monoisotopic (exact) mass is 746 g/mol. The summed E-state index contributed by atoms with van der Waals surface area (Å²) in [6.45, 7) is 0. The SMILES string of the molecule is c1ccc(-n2c3ccccc3c3cc(-c4cccc5c6cccc7c8nc9c(cc8n(c45)c67)c4c5ccccc5cc5c6cc7ccccc7cc6n9c54)ccc32)cc1. The Labute approximate surface area is 335 Å². The molecule has 0 saturated heterocycles. The fourth-order valence-corrected chi connectivity index (χ4v) is 11.0. The first-order valence-corrected chi connectivity index (χ1v) is 20.4. The summed E-state index contributed by atoms with van der Waals surface area (Å²) < 4.78 is 7.37. The summed E-state index contributed by atoms with van der Waals surface area (Å²) >= 11 is 0. The average molecular weight is 747 g/mol. The van der Waals surface area contributed by atoms with Gasteiger partial charge < -0.3 is 8.97 Å². The zero-order valence-electron chi connectivity index (χ0n) is 31.6. The van der Waals surface area contributed by atoms with Crippen molar-refractivity contribution in [3.8, 4) is 16.8 Å². The van der Waals surface area contributed by atoms with Gasteiger partial charge >= 0.3 is 0 Å². The van der Waals surface area contributed by atoms with E-state index in [4.69, 9.17) is 4.98 Å². The topological polar surface area (TPSA) is 26.6 Å². The lowest BCUT2D eigenvalue weighted by molar-refractivity contribution is 1.18. The first-order chi connectivity index (χ1) is 29.3. The van der Waals surface area contributed by atoms with Gasteiger partial charge in [0.05, 0.1) is 44.1 Å². The van der Waals surface area contributed by atoms with Crippen LogP contribution in [-0.4, -0.2) is 18.4 Å². The molecule has 0 aliphatic heterocycles. The molecule has 0 aliphatic rings. The van der Waals surface area contributed by atoms with Crippen molar-refractivity contribution in [3.63, 3.8) is 0 Å². The molecule has 15 aromatic rings. The van der Waals surface area contributed by atoms with Crippen LogP contribution in [0.3, 0.4) is 0 Å². The standard InChI is InChI=1S/C55H30N4/c1-2-15-35(16-3-1)57-46-23-9-8-18-38(46)42-27-34(24-25-47(42)57)37-19-10-20-39-40-21-11-22-41-51-49(58(52(37)39)53(40)41)30-45-50-36-17-7-6-14-33(36)28-44-43-26-31-12-4-5-13-32(31)29-48(43)59(54(44)50)55(45)56-51/h1-30H. The van der Waals surface area contributed by atoms with E-state index < -0.39 is 0 Å². The Morgan fingerprint density at radius 2 is 1.00 bits per heavy atom. The second kappa shape index (κ2) is 10.5. The van der Waals surface area contributed by atoms with Gasteiger partial charge in [-0.2, -0.15) is 0 Å². The lowest BCUT2D eigenvalue weighted by Gasteiger charge is -2.09. The summed E-state index contributed by atoms with van der Waals surface area (Å²) in [5.74, 6) is 0. The average Bonchev–Trinajstić information content (AvgIpc) is 4.08. The maximum Gasteiger partial charge on any atom is 0.146 e. The van der Waals surface area contributed by atoms with Crippen LogP contribution in [0.15, 0.2) is 182 Å². The minimum atomic E-state index is 1.01. The molecule has 59 heavy (non-hydrogen) atoms. The van der Waals surface area contributed by atoms with E-state index in [9.17, 15) is 0 Å². The van der Waals surface area contributed by atoms with Crippen molar-refractivity contribution >= 4 is 120 Å². The van der Waals surface area contributed by atoms with E-state index in [1.54, 1.807) is 0 Å². The number of hydrogen-bond acceptors (Lipinski definition) is 1. The van der Waals surface area contributed by atoms with Crippen molar-refractivity contribution in [1.82, 2.24) is 18.4 Å². The minimum Gasteiger partial charge on any atom is -0.309 e. The number of benzene rings is 9. The highest BCUT2D eigenvalue weighted by Crippen LogP contribution is 2.47. The number of fused-ring (bicyclic) bond motifs is 18. The first-order valence-electron chi connectivity index (χ1n) is 20.4. The lowest BCUT2D eigenvalue weighted by Crippen LogP contribution is -1.93. The van der Waals surface area contributed by atoms with Gasteiger partial charge in [-0.3, -0.25) is 4.40 Å². The molecule has 0 N–H and O–H groups in total. The normalized spacial score (nSPS) is 12.7. The number of nitrogens with zero attached hydrogens (tertiary/aromatic N) is 4. The van der Waals surface area contributed by atoms with Crippen LogP contribution in [0.25, 0.3) is 137 Å². The van der Waals surface area contributed by atoms with E-state index in [1.165, 1.54) is 120 Å². The molecule has 0 aliphatic carbocycles. The lowest BCUT2D eigenvalue weighted by atomic mass is 9.99. The van der Waals surface area contributed by atoms with Gasteiger partial charge in [-0.15, -0.1) is 0 Å². The van der Waals surface area contributed by atoms with Gasteiger partial charge in [0.25, 0.3) is 0 Å². The summed E-state index contributed by atoms with van der Waals surface area (Å²) in [7, 11) is 0. The van der Waals surface area contributed by atoms with Crippen LogP contribution in [0.2, 0.25) is 0 Å². The molecule has 9 aromatic carbocycles. The highest BCUT2D eigenvalue weighted by atomic mass is 15.0. The van der Waals surface area contributed by atoms with E-state index in [0.29, 0.717) is 0 Å². The Morgan fingerprint density at radius 1 is 0.339 bits per heavy atom. The molecule has 6 heterocycles. The zero-order valence-corrected chi connectivity index (χ0v) is 31.6. The van der Waals surface area contributed by atoms with Crippen LogP contribution in [-0.2, 0) is 0 Å². The summed E-state index contributed by atoms with van der Waals surface area (Å²) in [5, 5.41) is 16.2. The number of aromatic nitrogens is 4. The second-order valence-corrected chi connectivity index (χ2v) is 16.3. The largest absolute Gasteiger partial charge is 0.309 e. The summed E-state index contributed by atoms with van der Waals surface area (Å²) in [6, 6.07) is 67.3. The predicted octanol–water partition coefficient (Wildman–Crippen LogP) is 14.5. The molecule has 0 bridgehead atoms. The van der Waals surface area contributed by atoms with Gasteiger partial charge in [-0.25, -0.2) is 4.98 Å². The third kappa shape index (κ3) is 3.65. The molecular weight excluding hydrogens is 717 g/mol. The van der Waals surface area contributed by atoms with E-state index in [0.717, 1.165) is 16.7 Å². The number of hydrogen-bond donors (Lipinski definition) is 0. The molecule has 15 rings (SSSR count). The van der Waals surface area contributed by atoms with Gasteiger partial charge in [0.1, 0.15) is 5.65 Å². The Hall–Kier alpha value is -7.95. The van der Waals surface area contributed by atoms with Crippen LogP contribution in [0.4, 0.5) is 0 Å². The second-order valence-electron chi connectivity index (χ2n) is 16.3. The molecule has 4 nitrogen and oxygen atoms in total. The molecule has 0 amide bonds. The van der Waals surface area contributed by atoms with Gasteiger partial charge in [0.2, 0.25) is 0 Å². The Balaban J connectivity index is 1.09. The predicted molar refractivity (Wildman–Crippen MR) is 248 cm³/mol. The van der Waals surface area contributed by atoms with Crippen LogP contribution in [0.1, 0.15) is 0 Å². The van der Waals surface area contributed by atoms with Crippen LogP contribution >= 0.6 is 0 Å². The molecule has 6 aromatic heterocycles. The van der Waals surface area contributed by atoms with Crippen LogP contribution < -0.4 is 0 Å². The number of para-hydroxylation sites is 4. The molecule has 0 atom stereocenters. The Morgan fingerprint density at radius 3 is 1.88 bits per heavy atom. The third-order valence-electron chi connectivity index (χ3n) is 13.4.